The first kappa shape index (κ1) is 16.2. The second-order valence-corrected chi connectivity index (χ2v) is 5.82. The van der Waals surface area contributed by atoms with Crippen LogP contribution in [-0.2, 0) is 11.8 Å². The SMILES string of the molecule is NCC(CO)(Cc1cccc(Cl)c1Cl)c1ccc(F)cc1. The van der Waals surface area contributed by atoms with Gasteiger partial charge in [-0.15, -0.1) is 0 Å². The Morgan fingerprint density at radius 3 is 2.33 bits per heavy atom. The topological polar surface area (TPSA) is 46.2 Å². The Balaban J connectivity index is 2.43. The molecule has 112 valence electrons. The summed E-state index contributed by atoms with van der Waals surface area (Å²) in [6.45, 7) is 0.0376. The van der Waals surface area contributed by atoms with Gasteiger partial charge in [0.15, 0.2) is 0 Å². The molecule has 1 atom stereocenters. The molecular weight excluding hydrogens is 312 g/mol. The minimum absolute atomic E-state index is 0.169. The number of hydrogen-bond donors (Lipinski definition) is 2. The van der Waals surface area contributed by atoms with E-state index in [1.807, 2.05) is 6.07 Å². The predicted octanol–water partition coefficient (Wildman–Crippen LogP) is 3.56. The summed E-state index contributed by atoms with van der Waals surface area (Å²) in [5.74, 6) is -0.330. The maximum absolute atomic E-state index is 13.1. The fraction of sp³-hybridized carbons (Fsp3) is 0.250. The van der Waals surface area contributed by atoms with Gasteiger partial charge < -0.3 is 10.8 Å². The van der Waals surface area contributed by atoms with E-state index in [0.29, 0.717) is 16.5 Å². The first-order valence-corrected chi connectivity index (χ1v) is 7.28. The van der Waals surface area contributed by atoms with Gasteiger partial charge in [-0.25, -0.2) is 4.39 Å². The molecule has 0 aromatic heterocycles. The number of halogens is 3. The highest BCUT2D eigenvalue weighted by atomic mass is 35.5. The normalized spacial score (nSPS) is 14.0. The molecule has 2 aromatic rings. The molecule has 0 fully saturated rings. The molecule has 1 unspecified atom stereocenters. The van der Waals surface area contributed by atoms with E-state index >= 15 is 0 Å². The van der Waals surface area contributed by atoms with Crippen molar-refractivity contribution in [2.45, 2.75) is 11.8 Å². The minimum atomic E-state index is -0.720. The average Bonchev–Trinajstić information content (AvgIpc) is 2.50. The standard InChI is InChI=1S/C16H16Cl2FNO/c17-14-3-1-2-11(15(14)18)8-16(9-20,10-21)12-4-6-13(19)7-5-12/h1-7,21H,8-10,20H2. The van der Waals surface area contributed by atoms with Gasteiger partial charge in [-0.3, -0.25) is 0 Å². The van der Waals surface area contributed by atoms with E-state index in [0.717, 1.165) is 11.1 Å². The lowest BCUT2D eigenvalue weighted by atomic mass is 9.76. The van der Waals surface area contributed by atoms with Gasteiger partial charge in [0.1, 0.15) is 5.82 Å². The summed E-state index contributed by atoms with van der Waals surface area (Å²) in [5.41, 5.74) is 6.74. The van der Waals surface area contributed by atoms with Crippen molar-refractivity contribution in [3.63, 3.8) is 0 Å². The fourth-order valence-corrected chi connectivity index (χ4v) is 2.74. The van der Waals surface area contributed by atoms with Gasteiger partial charge in [0.05, 0.1) is 16.7 Å². The number of aliphatic hydroxyl groups is 1. The van der Waals surface area contributed by atoms with Crippen LogP contribution in [0, 0.1) is 5.82 Å². The molecule has 2 rings (SSSR count). The molecule has 0 saturated carbocycles. The highest BCUT2D eigenvalue weighted by Gasteiger charge is 2.31. The summed E-state index contributed by atoms with van der Waals surface area (Å²) in [6.07, 6.45) is 0.422. The molecule has 0 aliphatic heterocycles. The number of aliphatic hydroxyl groups excluding tert-OH is 1. The summed E-state index contributed by atoms with van der Waals surface area (Å²) >= 11 is 12.2. The first-order valence-electron chi connectivity index (χ1n) is 6.52. The Kier molecular flexibility index (Phi) is 5.22. The Morgan fingerprint density at radius 1 is 1.10 bits per heavy atom. The van der Waals surface area contributed by atoms with Crippen LogP contribution in [0.1, 0.15) is 11.1 Å². The number of hydrogen-bond acceptors (Lipinski definition) is 2. The van der Waals surface area contributed by atoms with Gasteiger partial charge in [0.25, 0.3) is 0 Å². The molecule has 2 aromatic carbocycles. The van der Waals surface area contributed by atoms with Gasteiger partial charge in [-0.2, -0.15) is 0 Å². The van der Waals surface area contributed by atoms with E-state index in [1.165, 1.54) is 12.1 Å². The van der Waals surface area contributed by atoms with Gasteiger partial charge in [0, 0.05) is 12.0 Å². The van der Waals surface area contributed by atoms with E-state index in [4.69, 9.17) is 28.9 Å². The molecule has 0 bridgehead atoms. The molecule has 0 heterocycles. The molecule has 21 heavy (non-hydrogen) atoms. The minimum Gasteiger partial charge on any atom is -0.395 e. The Hall–Kier alpha value is -1.13. The monoisotopic (exact) mass is 327 g/mol. The van der Waals surface area contributed by atoms with E-state index in [9.17, 15) is 9.50 Å². The van der Waals surface area contributed by atoms with Crippen LogP contribution in [0.15, 0.2) is 42.5 Å². The van der Waals surface area contributed by atoms with Crippen LogP contribution in [0.5, 0.6) is 0 Å². The molecule has 3 N–H and O–H groups in total. The zero-order valence-corrected chi connectivity index (χ0v) is 12.8. The second-order valence-electron chi connectivity index (χ2n) is 5.04. The van der Waals surface area contributed by atoms with Crippen LogP contribution >= 0.6 is 23.2 Å². The number of rotatable bonds is 5. The molecule has 0 aliphatic carbocycles. The Labute approximate surface area is 133 Å². The molecule has 0 saturated heterocycles. The molecular formula is C16H16Cl2FNO. The number of nitrogens with two attached hydrogens (primary N) is 1. The van der Waals surface area contributed by atoms with Crippen LogP contribution in [0.3, 0.4) is 0 Å². The third-order valence-electron chi connectivity index (χ3n) is 3.71. The largest absolute Gasteiger partial charge is 0.395 e. The van der Waals surface area contributed by atoms with Gasteiger partial charge in [0.2, 0.25) is 0 Å². The van der Waals surface area contributed by atoms with Crippen LogP contribution in [0.25, 0.3) is 0 Å². The Morgan fingerprint density at radius 2 is 1.76 bits per heavy atom. The van der Waals surface area contributed by atoms with Crippen molar-refractivity contribution >= 4 is 23.2 Å². The maximum atomic E-state index is 13.1. The quantitative estimate of drug-likeness (QED) is 0.881. The lowest BCUT2D eigenvalue weighted by molar-refractivity contribution is 0.196. The lowest BCUT2D eigenvalue weighted by Crippen LogP contribution is -2.41. The van der Waals surface area contributed by atoms with Crippen LogP contribution < -0.4 is 5.73 Å². The van der Waals surface area contributed by atoms with Crippen molar-refractivity contribution in [3.8, 4) is 0 Å². The van der Waals surface area contributed by atoms with Crippen molar-refractivity contribution in [1.29, 1.82) is 0 Å². The van der Waals surface area contributed by atoms with E-state index in [-0.39, 0.29) is 19.0 Å². The summed E-state index contributed by atoms with van der Waals surface area (Å²) in [7, 11) is 0. The van der Waals surface area contributed by atoms with Gasteiger partial charge in [-0.1, -0.05) is 47.5 Å². The van der Waals surface area contributed by atoms with Crippen molar-refractivity contribution in [1.82, 2.24) is 0 Å². The smallest absolute Gasteiger partial charge is 0.123 e. The highest BCUT2D eigenvalue weighted by Crippen LogP contribution is 2.33. The van der Waals surface area contributed by atoms with Crippen molar-refractivity contribution in [3.05, 3.63) is 69.5 Å². The summed E-state index contributed by atoms with van der Waals surface area (Å²) < 4.78 is 13.1. The molecule has 0 radical (unpaired) electrons. The summed E-state index contributed by atoms with van der Waals surface area (Å²) in [6, 6.07) is 11.3. The Bertz CT molecular complexity index is 612. The zero-order valence-electron chi connectivity index (χ0n) is 11.3. The van der Waals surface area contributed by atoms with Gasteiger partial charge >= 0.3 is 0 Å². The van der Waals surface area contributed by atoms with E-state index in [2.05, 4.69) is 0 Å². The van der Waals surface area contributed by atoms with Crippen LogP contribution in [0.4, 0.5) is 4.39 Å². The average molecular weight is 328 g/mol. The molecule has 2 nitrogen and oxygen atoms in total. The summed E-state index contributed by atoms with van der Waals surface area (Å²) in [4.78, 5) is 0. The molecule has 0 amide bonds. The molecule has 0 spiro atoms. The van der Waals surface area contributed by atoms with Crippen molar-refractivity contribution in [2.75, 3.05) is 13.2 Å². The highest BCUT2D eigenvalue weighted by molar-refractivity contribution is 6.42. The van der Waals surface area contributed by atoms with Crippen molar-refractivity contribution in [2.24, 2.45) is 5.73 Å². The summed E-state index contributed by atoms with van der Waals surface area (Å²) in [5, 5.41) is 10.8. The molecule has 0 aliphatic rings. The lowest BCUT2D eigenvalue weighted by Gasteiger charge is -2.31. The van der Waals surface area contributed by atoms with Crippen LogP contribution in [-0.4, -0.2) is 18.3 Å². The zero-order chi connectivity index (χ0) is 15.5. The predicted molar refractivity (Wildman–Crippen MR) is 84.4 cm³/mol. The first-order chi connectivity index (χ1) is 10.0. The second kappa shape index (κ2) is 6.75. The van der Waals surface area contributed by atoms with E-state index < -0.39 is 5.41 Å². The third kappa shape index (κ3) is 3.38. The van der Waals surface area contributed by atoms with Crippen molar-refractivity contribution < 1.29 is 9.50 Å². The van der Waals surface area contributed by atoms with Crippen LogP contribution in [0.2, 0.25) is 10.0 Å². The van der Waals surface area contributed by atoms with Gasteiger partial charge in [-0.05, 0) is 35.7 Å². The van der Waals surface area contributed by atoms with E-state index in [1.54, 1.807) is 24.3 Å². The number of benzene rings is 2. The fourth-order valence-electron chi connectivity index (χ4n) is 2.36. The molecule has 5 heteroatoms. The maximum Gasteiger partial charge on any atom is 0.123 e. The third-order valence-corrected chi connectivity index (χ3v) is 4.57.